The molecule has 0 bridgehead atoms. The number of rotatable bonds is 6. The normalized spacial score (nSPS) is 16.5. The molecule has 1 N–H and O–H groups in total. The summed E-state index contributed by atoms with van der Waals surface area (Å²) in [5.74, 6) is -0.0737. The van der Waals surface area contributed by atoms with Crippen molar-refractivity contribution in [2.45, 2.75) is 13.0 Å². The highest BCUT2D eigenvalue weighted by atomic mass is 16.5. The van der Waals surface area contributed by atoms with Gasteiger partial charge >= 0.3 is 0 Å². The summed E-state index contributed by atoms with van der Waals surface area (Å²) in [5.41, 5.74) is 3.34. The highest BCUT2D eigenvalue weighted by molar-refractivity contribution is 5.92. The number of nitrogens with one attached hydrogen (secondary N) is 1. The smallest absolute Gasteiger partial charge is 0.244 e. The number of hydrogen-bond acceptors (Lipinski definition) is 3. The maximum atomic E-state index is 12.5. The van der Waals surface area contributed by atoms with Gasteiger partial charge in [0.05, 0.1) is 19.3 Å². The summed E-state index contributed by atoms with van der Waals surface area (Å²) >= 11 is 0. The lowest BCUT2D eigenvalue weighted by Gasteiger charge is -2.31. The van der Waals surface area contributed by atoms with Crippen LogP contribution in [0.15, 0.2) is 60.7 Å². The lowest BCUT2D eigenvalue weighted by atomic mass is 10.1. The molecule has 1 aliphatic heterocycles. The highest BCUT2D eigenvalue weighted by Gasteiger charge is 2.19. The molecule has 1 aliphatic rings. The van der Waals surface area contributed by atoms with Crippen molar-refractivity contribution in [3.63, 3.8) is 0 Å². The van der Waals surface area contributed by atoms with Crippen LogP contribution in [-0.4, -0.2) is 43.7 Å². The number of ether oxygens (including phenoxy) is 1. The first-order valence-corrected chi connectivity index (χ1v) is 9.11. The van der Waals surface area contributed by atoms with Crippen LogP contribution in [-0.2, 0) is 9.53 Å². The van der Waals surface area contributed by atoms with Crippen LogP contribution in [0.1, 0.15) is 22.7 Å². The van der Waals surface area contributed by atoms with Gasteiger partial charge in [0.15, 0.2) is 0 Å². The summed E-state index contributed by atoms with van der Waals surface area (Å²) in [5, 5.41) is 3.16. The maximum absolute atomic E-state index is 12.5. The van der Waals surface area contributed by atoms with E-state index < -0.39 is 0 Å². The molecule has 1 fully saturated rings. The van der Waals surface area contributed by atoms with Gasteiger partial charge in [-0.05, 0) is 29.7 Å². The first-order valence-electron chi connectivity index (χ1n) is 9.11. The van der Waals surface area contributed by atoms with E-state index in [4.69, 9.17) is 4.74 Å². The number of hydrogen-bond donors (Lipinski definition) is 1. The number of amides is 1. The monoisotopic (exact) mass is 350 g/mol. The van der Waals surface area contributed by atoms with E-state index in [1.165, 1.54) is 0 Å². The first kappa shape index (κ1) is 18.4. The predicted molar refractivity (Wildman–Crippen MR) is 105 cm³/mol. The van der Waals surface area contributed by atoms with Crippen molar-refractivity contribution in [1.82, 2.24) is 10.2 Å². The number of carbonyl (C=O) groups is 1. The van der Waals surface area contributed by atoms with Gasteiger partial charge in [-0.2, -0.15) is 0 Å². The molecule has 1 amide bonds. The van der Waals surface area contributed by atoms with Crippen LogP contribution >= 0.6 is 0 Å². The zero-order valence-corrected chi connectivity index (χ0v) is 15.2. The van der Waals surface area contributed by atoms with E-state index in [2.05, 4.69) is 22.3 Å². The van der Waals surface area contributed by atoms with Crippen molar-refractivity contribution < 1.29 is 9.53 Å². The highest BCUT2D eigenvalue weighted by Crippen LogP contribution is 2.16. The van der Waals surface area contributed by atoms with Gasteiger partial charge in [0.2, 0.25) is 5.91 Å². The molecule has 0 saturated carbocycles. The third kappa shape index (κ3) is 5.28. The molecule has 0 spiro atoms. The first-order chi connectivity index (χ1) is 12.7. The fourth-order valence-corrected chi connectivity index (χ4v) is 3.12. The van der Waals surface area contributed by atoms with E-state index in [1.54, 1.807) is 6.08 Å². The van der Waals surface area contributed by atoms with Gasteiger partial charge in [-0.15, -0.1) is 0 Å². The molecule has 1 heterocycles. The van der Waals surface area contributed by atoms with E-state index in [0.29, 0.717) is 0 Å². The number of morpholine rings is 1. The largest absolute Gasteiger partial charge is 0.379 e. The number of carbonyl (C=O) groups excluding carboxylic acids is 1. The van der Waals surface area contributed by atoms with Crippen LogP contribution < -0.4 is 5.32 Å². The molecule has 2 aromatic rings. The molecule has 4 heteroatoms. The fourth-order valence-electron chi connectivity index (χ4n) is 3.12. The van der Waals surface area contributed by atoms with Gasteiger partial charge in [0.25, 0.3) is 0 Å². The molecule has 2 aromatic carbocycles. The van der Waals surface area contributed by atoms with Crippen molar-refractivity contribution in [3.05, 3.63) is 77.4 Å². The van der Waals surface area contributed by atoms with Gasteiger partial charge in [0, 0.05) is 25.7 Å². The van der Waals surface area contributed by atoms with Crippen molar-refractivity contribution in [1.29, 1.82) is 0 Å². The zero-order valence-electron chi connectivity index (χ0n) is 15.2. The summed E-state index contributed by atoms with van der Waals surface area (Å²) in [6, 6.07) is 18.2. The van der Waals surface area contributed by atoms with Gasteiger partial charge in [-0.25, -0.2) is 0 Å². The Kier molecular flexibility index (Phi) is 6.58. The fraction of sp³-hybridized carbons (Fsp3) is 0.318. The Labute approximate surface area is 155 Å². The van der Waals surface area contributed by atoms with Gasteiger partial charge in [-0.1, -0.05) is 54.6 Å². The standard InChI is InChI=1S/C22H26N2O2/c1-18-7-5-6-8-19(18)11-12-22(25)23-21(20-9-3-2-4-10-20)17-24-13-15-26-16-14-24/h2-12,21H,13-17H2,1H3,(H,23,25)/b12-11+/t21-/m1/s1. The molecular formula is C22H26N2O2. The Morgan fingerprint density at radius 3 is 2.54 bits per heavy atom. The number of benzene rings is 2. The molecule has 136 valence electrons. The second kappa shape index (κ2) is 9.32. The predicted octanol–water partition coefficient (Wildman–Crippen LogP) is 3.20. The van der Waals surface area contributed by atoms with Crippen LogP contribution in [0.25, 0.3) is 6.08 Å². The minimum absolute atomic E-state index is 0.0386. The lowest BCUT2D eigenvalue weighted by Crippen LogP contribution is -2.42. The molecule has 26 heavy (non-hydrogen) atoms. The maximum Gasteiger partial charge on any atom is 0.244 e. The molecule has 0 unspecified atom stereocenters. The van der Waals surface area contributed by atoms with Crippen LogP contribution in [0.4, 0.5) is 0 Å². The van der Waals surface area contributed by atoms with E-state index in [9.17, 15) is 4.79 Å². The van der Waals surface area contributed by atoms with Crippen LogP contribution in [0.3, 0.4) is 0 Å². The molecule has 4 nitrogen and oxygen atoms in total. The molecule has 0 aliphatic carbocycles. The third-order valence-electron chi connectivity index (χ3n) is 4.67. The summed E-state index contributed by atoms with van der Waals surface area (Å²) in [6.07, 6.45) is 3.50. The Bertz CT molecular complexity index is 737. The van der Waals surface area contributed by atoms with Crippen molar-refractivity contribution in [3.8, 4) is 0 Å². The van der Waals surface area contributed by atoms with E-state index >= 15 is 0 Å². The van der Waals surface area contributed by atoms with E-state index in [-0.39, 0.29) is 11.9 Å². The average Bonchev–Trinajstić information content (AvgIpc) is 2.68. The topological polar surface area (TPSA) is 41.6 Å². The van der Waals surface area contributed by atoms with Gasteiger partial charge < -0.3 is 10.1 Å². The van der Waals surface area contributed by atoms with Crippen molar-refractivity contribution >= 4 is 12.0 Å². The summed E-state index contributed by atoms with van der Waals surface area (Å²) in [6.45, 7) is 6.14. The Morgan fingerprint density at radius 1 is 1.12 bits per heavy atom. The Morgan fingerprint density at radius 2 is 1.81 bits per heavy atom. The molecular weight excluding hydrogens is 324 g/mol. The zero-order chi connectivity index (χ0) is 18.2. The van der Waals surface area contributed by atoms with Crippen LogP contribution in [0, 0.1) is 6.92 Å². The second-order valence-corrected chi connectivity index (χ2v) is 6.57. The minimum atomic E-state index is -0.0737. The molecule has 0 radical (unpaired) electrons. The lowest BCUT2D eigenvalue weighted by molar-refractivity contribution is -0.117. The van der Waals surface area contributed by atoms with E-state index in [1.807, 2.05) is 55.5 Å². The molecule has 1 atom stereocenters. The molecule has 0 aromatic heterocycles. The number of aryl methyl sites for hydroxylation is 1. The third-order valence-corrected chi connectivity index (χ3v) is 4.67. The van der Waals surface area contributed by atoms with Gasteiger partial charge in [0.1, 0.15) is 0 Å². The summed E-state index contributed by atoms with van der Waals surface area (Å²) < 4.78 is 5.43. The second-order valence-electron chi connectivity index (χ2n) is 6.57. The average molecular weight is 350 g/mol. The molecule has 1 saturated heterocycles. The SMILES string of the molecule is Cc1ccccc1/C=C/C(=O)N[C@H](CN1CCOCC1)c1ccccc1. The summed E-state index contributed by atoms with van der Waals surface area (Å²) in [7, 11) is 0. The van der Waals surface area contributed by atoms with Crippen LogP contribution in [0.2, 0.25) is 0 Å². The molecule has 3 rings (SSSR count). The Hall–Kier alpha value is -2.43. The minimum Gasteiger partial charge on any atom is -0.379 e. The van der Waals surface area contributed by atoms with Crippen molar-refractivity contribution in [2.75, 3.05) is 32.8 Å². The van der Waals surface area contributed by atoms with E-state index in [0.717, 1.165) is 49.5 Å². The quantitative estimate of drug-likeness (QED) is 0.814. The summed E-state index contributed by atoms with van der Waals surface area (Å²) in [4.78, 5) is 14.9. The Balaban J connectivity index is 1.68. The van der Waals surface area contributed by atoms with Crippen molar-refractivity contribution in [2.24, 2.45) is 0 Å². The van der Waals surface area contributed by atoms with Gasteiger partial charge in [-0.3, -0.25) is 9.69 Å². The van der Waals surface area contributed by atoms with Crippen LogP contribution in [0.5, 0.6) is 0 Å². The number of nitrogens with zero attached hydrogens (tertiary/aromatic N) is 1.